The molecular weight excluding hydrogens is 128 g/mol. The van der Waals surface area contributed by atoms with Crippen molar-refractivity contribution in [1.29, 1.82) is 0 Å². The van der Waals surface area contributed by atoms with Gasteiger partial charge in [-0.15, -0.1) is 0 Å². The second-order valence-electron chi connectivity index (χ2n) is 2.57. The molecule has 0 aromatic carbocycles. The smallest absolute Gasteiger partial charge is 0.229 e. The third-order valence-corrected chi connectivity index (χ3v) is 1.94. The maximum absolute atomic E-state index is 11.0. The van der Waals surface area contributed by atoms with Crippen molar-refractivity contribution >= 4 is 12.1 Å². The highest BCUT2D eigenvalue weighted by Gasteiger charge is 2.32. The highest BCUT2D eigenvalue weighted by atomic mass is 16.2. The van der Waals surface area contributed by atoms with Crippen molar-refractivity contribution in [2.45, 2.75) is 0 Å². The zero-order chi connectivity index (χ0) is 6.97. The Hall–Kier alpha value is -1.12. The van der Waals surface area contributed by atoms with E-state index in [1.54, 1.807) is 12.4 Å². The molecule has 1 N–H and O–H groups in total. The van der Waals surface area contributed by atoms with Crippen LogP contribution in [0.3, 0.4) is 0 Å². The van der Waals surface area contributed by atoms with Gasteiger partial charge < -0.3 is 5.32 Å². The summed E-state index contributed by atoms with van der Waals surface area (Å²) in [5, 5.41) is 2.78. The third kappa shape index (κ3) is 0.667. The summed E-state index contributed by atoms with van der Waals surface area (Å²) in [6, 6.07) is 0. The highest BCUT2D eigenvalue weighted by molar-refractivity contribution is 5.96. The summed E-state index contributed by atoms with van der Waals surface area (Å²) in [6.07, 6.45) is 5.44. The van der Waals surface area contributed by atoms with E-state index in [1.807, 2.05) is 6.08 Å². The van der Waals surface area contributed by atoms with E-state index in [0.29, 0.717) is 5.92 Å². The minimum absolute atomic E-state index is 0.00463. The number of amides is 1. The summed E-state index contributed by atoms with van der Waals surface area (Å²) in [5.41, 5.74) is 0. The van der Waals surface area contributed by atoms with Gasteiger partial charge >= 0.3 is 0 Å². The van der Waals surface area contributed by atoms with E-state index in [-0.39, 0.29) is 11.8 Å². The average Bonchev–Trinajstić information content (AvgIpc) is 2.34. The van der Waals surface area contributed by atoms with Crippen LogP contribution < -0.4 is 5.32 Å². The van der Waals surface area contributed by atoms with E-state index in [2.05, 4.69) is 10.3 Å². The number of hydrogen-bond acceptors (Lipinski definition) is 2. The van der Waals surface area contributed by atoms with Crippen LogP contribution in [-0.2, 0) is 4.79 Å². The number of rotatable bonds is 0. The van der Waals surface area contributed by atoms with Gasteiger partial charge in [0, 0.05) is 24.9 Å². The van der Waals surface area contributed by atoms with Crippen LogP contribution in [0.2, 0.25) is 0 Å². The number of carbonyl (C=O) groups excluding carboxylic acids is 1. The zero-order valence-electron chi connectivity index (χ0n) is 5.45. The first kappa shape index (κ1) is 5.65. The van der Waals surface area contributed by atoms with E-state index in [0.717, 1.165) is 6.54 Å². The molecule has 2 aliphatic heterocycles. The molecule has 2 atom stereocenters. The van der Waals surface area contributed by atoms with Crippen LogP contribution in [0.25, 0.3) is 0 Å². The largest absolute Gasteiger partial charge is 0.355 e. The predicted molar refractivity (Wildman–Crippen MR) is 37.6 cm³/mol. The molecular formula is C7H8N2O. The molecule has 1 fully saturated rings. The first-order valence-corrected chi connectivity index (χ1v) is 3.35. The standard InChI is InChI=1S/C7H8N2O/c10-7-6-4-8-2-1-5(6)3-9-7/h1-2,4-6H,3H2,(H,9,10)/t5-,6+/m0/s1. The molecule has 0 unspecified atom stereocenters. The van der Waals surface area contributed by atoms with Gasteiger partial charge in [0.2, 0.25) is 5.91 Å². The highest BCUT2D eigenvalue weighted by Crippen LogP contribution is 2.19. The van der Waals surface area contributed by atoms with E-state index < -0.39 is 0 Å². The molecule has 52 valence electrons. The molecule has 2 heterocycles. The van der Waals surface area contributed by atoms with Gasteiger partial charge in [-0.25, -0.2) is 0 Å². The van der Waals surface area contributed by atoms with Crippen LogP contribution in [0.5, 0.6) is 0 Å². The quantitative estimate of drug-likeness (QED) is 0.498. The molecule has 10 heavy (non-hydrogen) atoms. The van der Waals surface area contributed by atoms with Gasteiger partial charge in [0.05, 0.1) is 5.92 Å². The van der Waals surface area contributed by atoms with Crippen LogP contribution in [0.1, 0.15) is 0 Å². The monoisotopic (exact) mass is 136 g/mol. The SMILES string of the molecule is O=C1NC[C@@H]2C=CN=C[C@@H]12. The Labute approximate surface area is 58.8 Å². The lowest BCUT2D eigenvalue weighted by molar-refractivity contribution is -0.120. The molecule has 3 nitrogen and oxygen atoms in total. The molecule has 2 rings (SSSR count). The molecule has 1 amide bonds. The van der Waals surface area contributed by atoms with Gasteiger partial charge in [-0.1, -0.05) is 6.08 Å². The summed E-state index contributed by atoms with van der Waals surface area (Å²) in [6.45, 7) is 0.770. The number of fused-ring (bicyclic) bond motifs is 1. The summed E-state index contributed by atoms with van der Waals surface area (Å²) in [4.78, 5) is 14.9. The Bertz CT molecular complexity index is 220. The van der Waals surface area contributed by atoms with Crippen molar-refractivity contribution in [3.63, 3.8) is 0 Å². The maximum Gasteiger partial charge on any atom is 0.229 e. The van der Waals surface area contributed by atoms with Crippen LogP contribution >= 0.6 is 0 Å². The van der Waals surface area contributed by atoms with Crippen LogP contribution in [-0.4, -0.2) is 18.7 Å². The number of nitrogens with zero attached hydrogens (tertiary/aromatic N) is 1. The molecule has 2 aliphatic rings. The topological polar surface area (TPSA) is 41.5 Å². The van der Waals surface area contributed by atoms with Crippen molar-refractivity contribution in [2.24, 2.45) is 16.8 Å². The molecule has 0 aromatic rings. The maximum atomic E-state index is 11.0. The predicted octanol–water partition coefficient (Wildman–Crippen LogP) is -0.0533. The van der Waals surface area contributed by atoms with Crippen LogP contribution in [0.4, 0.5) is 0 Å². The Morgan fingerprint density at radius 1 is 1.70 bits per heavy atom. The average molecular weight is 136 g/mol. The Morgan fingerprint density at radius 3 is 3.40 bits per heavy atom. The first-order chi connectivity index (χ1) is 4.88. The molecule has 0 spiro atoms. The minimum Gasteiger partial charge on any atom is -0.355 e. The van der Waals surface area contributed by atoms with Crippen molar-refractivity contribution < 1.29 is 4.79 Å². The lowest BCUT2D eigenvalue weighted by Crippen LogP contribution is -2.21. The molecule has 0 aromatic heterocycles. The number of aliphatic imine (C=N–C) groups is 1. The second-order valence-corrected chi connectivity index (χ2v) is 2.57. The summed E-state index contributed by atoms with van der Waals surface area (Å²) >= 11 is 0. The lowest BCUT2D eigenvalue weighted by atomic mass is 9.95. The van der Waals surface area contributed by atoms with E-state index >= 15 is 0 Å². The minimum atomic E-state index is 0.00463. The van der Waals surface area contributed by atoms with Gasteiger partial charge in [-0.2, -0.15) is 0 Å². The van der Waals surface area contributed by atoms with E-state index in [9.17, 15) is 4.79 Å². The summed E-state index contributed by atoms with van der Waals surface area (Å²) in [5.74, 6) is 0.466. The summed E-state index contributed by atoms with van der Waals surface area (Å²) < 4.78 is 0. The third-order valence-electron chi connectivity index (χ3n) is 1.94. The van der Waals surface area contributed by atoms with Gasteiger partial charge in [0.1, 0.15) is 0 Å². The first-order valence-electron chi connectivity index (χ1n) is 3.35. The fourth-order valence-electron chi connectivity index (χ4n) is 1.33. The van der Waals surface area contributed by atoms with Gasteiger partial charge in [0.25, 0.3) is 0 Å². The van der Waals surface area contributed by atoms with Crippen LogP contribution in [0, 0.1) is 11.8 Å². The van der Waals surface area contributed by atoms with Crippen molar-refractivity contribution in [2.75, 3.05) is 6.54 Å². The van der Waals surface area contributed by atoms with Crippen molar-refractivity contribution in [3.8, 4) is 0 Å². The molecule has 0 bridgehead atoms. The molecule has 0 saturated carbocycles. The fraction of sp³-hybridized carbons (Fsp3) is 0.429. The zero-order valence-corrected chi connectivity index (χ0v) is 5.45. The van der Waals surface area contributed by atoms with Crippen LogP contribution in [0.15, 0.2) is 17.3 Å². The van der Waals surface area contributed by atoms with E-state index in [4.69, 9.17) is 0 Å². The number of carbonyl (C=O) groups is 1. The van der Waals surface area contributed by atoms with Gasteiger partial charge in [-0.05, 0) is 0 Å². The second kappa shape index (κ2) is 1.94. The van der Waals surface area contributed by atoms with E-state index in [1.165, 1.54) is 0 Å². The molecule has 0 radical (unpaired) electrons. The number of hydrogen-bond donors (Lipinski definition) is 1. The normalized spacial score (nSPS) is 35.8. The van der Waals surface area contributed by atoms with Crippen molar-refractivity contribution in [1.82, 2.24) is 5.32 Å². The summed E-state index contributed by atoms with van der Waals surface area (Å²) in [7, 11) is 0. The Kier molecular flexibility index (Phi) is 1.09. The Balaban J connectivity index is 2.27. The molecule has 1 saturated heterocycles. The fourth-order valence-corrected chi connectivity index (χ4v) is 1.33. The van der Waals surface area contributed by atoms with Gasteiger partial charge in [-0.3, -0.25) is 9.79 Å². The van der Waals surface area contributed by atoms with Gasteiger partial charge in [0.15, 0.2) is 0 Å². The Morgan fingerprint density at radius 2 is 2.60 bits per heavy atom. The van der Waals surface area contributed by atoms with Crippen molar-refractivity contribution in [3.05, 3.63) is 12.3 Å². The molecule has 3 heteroatoms. The lowest BCUT2D eigenvalue weighted by Gasteiger charge is -2.08. The molecule has 0 aliphatic carbocycles. The number of nitrogens with one attached hydrogen (secondary N) is 1.